The van der Waals surface area contributed by atoms with Gasteiger partial charge >= 0.3 is 0 Å². The van der Waals surface area contributed by atoms with Crippen LogP contribution < -0.4 is 5.32 Å². The van der Waals surface area contributed by atoms with E-state index in [1.54, 1.807) is 6.07 Å². The lowest BCUT2D eigenvalue weighted by Gasteiger charge is -2.21. The number of rotatable bonds is 2. The number of amides is 1. The highest BCUT2D eigenvalue weighted by atomic mass is 35.5. The Kier molecular flexibility index (Phi) is 3.37. The molecule has 92 valence electrons. The first-order valence-electron chi connectivity index (χ1n) is 5.71. The van der Waals surface area contributed by atoms with Gasteiger partial charge in [0.2, 0.25) is 5.91 Å². The molecule has 1 aliphatic heterocycles. The van der Waals surface area contributed by atoms with Crippen LogP contribution in [0.15, 0.2) is 12.1 Å². The minimum Gasteiger partial charge on any atom is -0.324 e. The van der Waals surface area contributed by atoms with Crippen LogP contribution in [0.2, 0.25) is 10.0 Å². The standard InChI is InChI=1S/C13H15Cl2NO/c1-6(2)7(3)11-9-4-8(14)5-10(15)12(9)16-13(11)17/h4-7,11H,1-3H3,(H,16,17). The van der Waals surface area contributed by atoms with Crippen molar-refractivity contribution in [2.45, 2.75) is 26.7 Å². The van der Waals surface area contributed by atoms with E-state index >= 15 is 0 Å². The molecule has 2 nitrogen and oxygen atoms in total. The van der Waals surface area contributed by atoms with E-state index in [4.69, 9.17) is 23.2 Å². The smallest absolute Gasteiger partial charge is 0.232 e. The Hall–Kier alpha value is -0.730. The van der Waals surface area contributed by atoms with Gasteiger partial charge in [0.1, 0.15) is 0 Å². The second kappa shape index (κ2) is 4.51. The lowest BCUT2D eigenvalue weighted by molar-refractivity contribution is -0.118. The van der Waals surface area contributed by atoms with Gasteiger partial charge in [0, 0.05) is 5.02 Å². The van der Waals surface area contributed by atoms with Gasteiger partial charge in [-0.3, -0.25) is 4.79 Å². The predicted molar refractivity (Wildman–Crippen MR) is 71.8 cm³/mol. The Morgan fingerprint density at radius 2 is 1.88 bits per heavy atom. The fourth-order valence-corrected chi connectivity index (χ4v) is 2.78. The number of hydrogen-bond donors (Lipinski definition) is 1. The van der Waals surface area contributed by atoms with E-state index in [-0.39, 0.29) is 17.7 Å². The van der Waals surface area contributed by atoms with Crippen LogP contribution >= 0.6 is 23.2 Å². The molecular formula is C13H15Cl2NO. The van der Waals surface area contributed by atoms with Gasteiger partial charge in [0.05, 0.1) is 16.6 Å². The fourth-order valence-electron chi connectivity index (χ4n) is 2.22. The van der Waals surface area contributed by atoms with E-state index in [0.29, 0.717) is 16.0 Å². The van der Waals surface area contributed by atoms with Gasteiger partial charge < -0.3 is 5.32 Å². The molecule has 17 heavy (non-hydrogen) atoms. The highest BCUT2D eigenvalue weighted by Crippen LogP contribution is 2.44. The maximum atomic E-state index is 12.0. The zero-order chi connectivity index (χ0) is 12.7. The van der Waals surface area contributed by atoms with Gasteiger partial charge in [-0.25, -0.2) is 0 Å². The molecule has 0 bridgehead atoms. The van der Waals surface area contributed by atoms with Gasteiger partial charge in [0.15, 0.2) is 0 Å². The second-order valence-electron chi connectivity index (χ2n) is 4.92. The molecule has 0 radical (unpaired) electrons. The van der Waals surface area contributed by atoms with Gasteiger partial charge in [-0.1, -0.05) is 44.0 Å². The third-order valence-electron chi connectivity index (χ3n) is 3.53. The van der Waals surface area contributed by atoms with Gasteiger partial charge in [-0.05, 0) is 29.5 Å². The summed E-state index contributed by atoms with van der Waals surface area (Å²) in [6, 6.07) is 3.49. The molecular weight excluding hydrogens is 257 g/mol. The zero-order valence-corrected chi connectivity index (χ0v) is 11.6. The summed E-state index contributed by atoms with van der Waals surface area (Å²) >= 11 is 12.1. The lowest BCUT2D eigenvalue weighted by Crippen LogP contribution is -2.22. The Labute approximate surface area is 111 Å². The fraction of sp³-hybridized carbons (Fsp3) is 0.462. The molecule has 0 fully saturated rings. The van der Waals surface area contributed by atoms with Crippen molar-refractivity contribution < 1.29 is 4.79 Å². The SMILES string of the molecule is CC(C)C(C)C1C(=O)Nc2c(Cl)cc(Cl)cc21. The molecule has 2 rings (SSSR count). The maximum Gasteiger partial charge on any atom is 0.232 e. The highest BCUT2D eigenvalue weighted by Gasteiger charge is 2.37. The molecule has 2 atom stereocenters. The number of carbonyl (C=O) groups excluding carboxylic acids is 1. The van der Waals surface area contributed by atoms with Gasteiger partial charge in [0.25, 0.3) is 0 Å². The Morgan fingerprint density at radius 1 is 1.24 bits per heavy atom. The second-order valence-corrected chi connectivity index (χ2v) is 5.77. The summed E-state index contributed by atoms with van der Waals surface area (Å²) in [6.07, 6.45) is 0. The van der Waals surface area contributed by atoms with Crippen molar-refractivity contribution in [2.75, 3.05) is 5.32 Å². The average molecular weight is 272 g/mol. The summed E-state index contributed by atoms with van der Waals surface area (Å²) < 4.78 is 0. The van der Waals surface area contributed by atoms with E-state index in [1.807, 2.05) is 6.07 Å². The minimum absolute atomic E-state index is 0.0189. The minimum atomic E-state index is -0.152. The summed E-state index contributed by atoms with van der Waals surface area (Å²) in [4.78, 5) is 12.0. The predicted octanol–water partition coefficient (Wildman–Crippen LogP) is 4.32. The summed E-state index contributed by atoms with van der Waals surface area (Å²) in [7, 11) is 0. The van der Waals surface area contributed by atoms with Crippen LogP contribution in [-0.4, -0.2) is 5.91 Å². The monoisotopic (exact) mass is 271 g/mol. The third-order valence-corrected chi connectivity index (χ3v) is 4.04. The molecule has 1 aromatic rings. The summed E-state index contributed by atoms with van der Waals surface area (Å²) in [5.74, 6) is 0.548. The van der Waals surface area contributed by atoms with Crippen molar-refractivity contribution in [3.05, 3.63) is 27.7 Å². The van der Waals surface area contributed by atoms with Crippen LogP contribution in [0, 0.1) is 11.8 Å². The molecule has 1 aliphatic rings. The normalized spacial score (nSPS) is 20.4. The van der Waals surface area contributed by atoms with Crippen LogP contribution in [0.25, 0.3) is 0 Å². The molecule has 0 saturated heterocycles. The first-order chi connectivity index (χ1) is 7.91. The third kappa shape index (κ3) is 2.16. The molecule has 0 aliphatic carbocycles. The van der Waals surface area contributed by atoms with Crippen LogP contribution in [0.1, 0.15) is 32.3 Å². The molecule has 2 unspecified atom stereocenters. The first kappa shape index (κ1) is 12.7. The largest absolute Gasteiger partial charge is 0.324 e. The van der Waals surface area contributed by atoms with Crippen LogP contribution in [0.3, 0.4) is 0 Å². The van der Waals surface area contributed by atoms with Crippen LogP contribution in [0.4, 0.5) is 5.69 Å². The van der Waals surface area contributed by atoms with E-state index in [9.17, 15) is 4.79 Å². The molecule has 0 saturated carbocycles. The molecule has 0 spiro atoms. The number of anilines is 1. The molecule has 1 heterocycles. The van der Waals surface area contributed by atoms with Gasteiger partial charge in [-0.2, -0.15) is 0 Å². The van der Waals surface area contributed by atoms with Crippen molar-refractivity contribution in [3.8, 4) is 0 Å². The number of fused-ring (bicyclic) bond motifs is 1. The Balaban J connectivity index is 2.50. The van der Waals surface area contributed by atoms with E-state index < -0.39 is 0 Å². The number of halogens is 2. The molecule has 1 amide bonds. The Bertz CT molecular complexity index is 471. The summed E-state index contributed by atoms with van der Waals surface area (Å²) in [5, 5.41) is 3.94. The Morgan fingerprint density at radius 3 is 2.47 bits per heavy atom. The highest BCUT2D eigenvalue weighted by molar-refractivity contribution is 6.37. The van der Waals surface area contributed by atoms with Crippen molar-refractivity contribution in [2.24, 2.45) is 11.8 Å². The summed E-state index contributed by atoms with van der Waals surface area (Å²) in [6.45, 7) is 6.31. The lowest BCUT2D eigenvalue weighted by atomic mass is 9.81. The van der Waals surface area contributed by atoms with Gasteiger partial charge in [-0.15, -0.1) is 0 Å². The van der Waals surface area contributed by atoms with E-state index in [2.05, 4.69) is 26.1 Å². The van der Waals surface area contributed by atoms with Crippen molar-refractivity contribution in [1.29, 1.82) is 0 Å². The number of benzene rings is 1. The first-order valence-corrected chi connectivity index (χ1v) is 6.47. The van der Waals surface area contributed by atoms with Crippen molar-refractivity contribution >= 4 is 34.8 Å². The summed E-state index contributed by atoms with van der Waals surface area (Å²) in [5.41, 5.74) is 1.65. The van der Waals surface area contributed by atoms with Crippen LogP contribution in [0.5, 0.6) is 0 Å². The quantitative estimate of drug-likeness (QED) is 0.853. The maximum absolute atomic E-state index is 12.0. The molecule has 0 aromatic heterocycles. The number of carbonyl (C=O) groups is 1. The van der Waals surface area contributed by atoms with Crippen molar-refractivity contribution in [3.63, 3.8) is 0 Å². The molecule has 1 aromatic carbocycles. The van der Waals surface area contributed by atoms with E-state index in [0.717, 1.165) is 11.3 Å². The molecule has 4 heteroatoms. The van der Waals surface area contributed by atoms with E-state index in [1.165, 1.54) is 0 Å². The van der Waals surface area contributed by atoms with Crippen LogP contribution in [-0.2, 0) is 4.79 Å². The topological polar surface area (TPSA) is 29.1 Å². The molecule has 1 N–H and O–H groups in total. The number of nitrogens with one attached hydrogen (secondary N) is 1. The van der Waals surface area contributed by atoms with Crippen molar-refractivity contribution in [1.82, 2.24) is 0 Å². The average Bonchev–Trinajstić information content (AvgIpc) is 2.54. The zero-order valence-electron chi connectivity index (χ0n) is 10.1. The number of hydrogen-bond acceptors (Lipinski definition) is 1.